The Morgan fingerprint density at radius 3 is 2.81 bits per heavy atom. The van der Waals surface area contributed by atoms with Crippen molar-refractivity contribution in [1.82, 2.24) is 5.32 Å². The first-order valence-electron chi connectivity index (χ1n) is 5.94. The lowest BCUT2D eigenvalue weighted by Gasteiger charge is -2.24. The quantitative estimate of drug-likeness (QED) is 0.769. The van der Waals surface area contributed by atoms with Gasteiger partial charge in [0.05, 0.1) is 5.60 Å². The topological polar surface area (TPSA) is 32.3 Å². The summed E-state index contributed by atoms with van der Waals surface area (Å²) in [5.74, 6) is 0.656. The van der Waals surface area contributed by atoms with Gasteiger partial charge in [-0.05, 0) is 48.1 Å². The van der Waals surface area contributed by atoms with E-state index in [0.717, 1.165) is 19.4 Å². The Morgan fingerprint density at radius 2 is 2.25 bits per heavy atom. The van der Waals surface area contributed by atoms with Crippen molar-refractivity contribution in [2.45, 2.75) is 45.8 Å². The van der Waals surface area contributed by atoms with Crippen LogP contribution in [0.5, 0.6) is 0 Å². The first kappa shape index (κ1) is 13.7. The van der Waals surface area contributed by atoms with Crippen LogP contribution in [0.4, 0.5) is 0 Å². The van der Waals surface area contributed by atoms with Crippen LogP contribution in [0.2, 0.25) is 0 Å². The van der Waals surface area contributed by atoms with Crippen LogP contribution >= 0.6 is 11.3 Å². The van der Waals surface area contributed by atoms with Gasteiger partial charge in [0.25, 0.3) is 0 Å². The molecular weight excluding hydrogens is 218 g/mol. The van der Waals surface area contributed by atoms with Gasteiger partial charge in [-0.1, -0.05) is 13.8 Å². The van der Waals surface area contributed by atoms with E-state index in [2.05, 4.69) is 36.0 Å². The summed E-state index contributed by atoms with van der Waals surface area (Å²) in [6.07, 6.45) is 1.94. The summed E-state index contributed by atoms with van der Waals surface area (Å²) in [7, 11) is 0. The monoisotopic (exact) mass is 241 g/mol. The molecule has 2 nitrogen and oxygen atoms in total. The van der Waals surface area contributed by atoms with Crippen LogP contribution in [-0.4, -0.2) is 17.3 Å². The van der Waals surface area contributed by atoms with Crippen LogP contribution in [0.3, 0.4) is 0 Å². The van der Waals surface area contributed by atoms with E-state index in [1.54, 1.807) is 11.3 Å². The van der Waals surface area contributed by atoms with Crippen LogP contribution in [0.25, 0.3) is 0 Å². The maximum Gasteiger partial charge on any atom is 0.0743 e. The highest BCUT2D eigenvalue weighted by Gasteiger charge is 2.19. The zero-order chi connectivity index (χ0) is 12.0. The highest BCUT2D eigenvalue weighted by molar-refractivity contribution is 7.07. The van der Waals surface area contributed by atoms with Crippen molar-refractivity contribution in [2.75, 3.05) is 6.54 Å². The van der Waals surface area contributed by atoms with Gasteiger partial charge in [-0.2, -0.15) is 11.3 Å². The van der Waals surface area contributed by atoms with Gasteiger partial charge in [0.2, 0.25) is 0 Å². The van der Waals surface area contributed by atoms with E-state index in [4.69, 9.17) is 0 Å². The first-order chi connectivity index (χ1) is 7.49. The van der Waals surface area contributed by atoms with Gasteiger partial charge in [-0.3, -0.25) is 0 Å². The maximum atomic E-state index is 10.1. The maximum absolute atomic E-state index is 10.1. The predicted molar refractivity (Wildman–Crippen MR) is 70.7 cm³/mol. The molecule has 92 valence electrons. The summed E-state index contributed by atoms with van der Waals surface area (Å²) in [5.41, 5.74) is 0.713. The fourth-order valence-electron chi connectivity index (χ4n) is 1.56. The summed E-state index contributed by atoms with van der Waals surface area (Å²) in [5, 5.41) is 17.7. The normalized spacial score (nSPS) is 15.3. The molecule has 0 fully saturated rings. The third kappa shape index (κ3) is 5.64. The van der Waals surface area contributed by atoms with Gasteiger partial charge in [0, 0.05) is 13.1 Å². The molecule has 3 heteroatoms. The van der Waals surface area contributed by atoms with Crippen molar-refractivity contribution in [1.29, 1.82) is 0 Å². The fraction of sp³-hybridized carbons (Fsp3) is 0.692. The van der Waals surface area contributed by atoms with Crippen molar-refractivity contribution in [3.8, 4) is 0 Å². The average Bonchev–Trinajstić information content (AvgIpc) is 2.68. The van der Waals surface area contributed by atoms with Crippen molar-refractivity contribution < 1.29 is 5.11 Å². The predicted octanol–water partition coefficient (Wildman–Crippen LogP) is 3.02. The van der Waals surface area contributed by atoms with E-state index in [1.807, 2.05) is 6.92 Å². The Hall–Kier alpha value is -0.380. The molecule has 0 radical (unpaired) electrons. The Kier molecular flexibility index (Phi) is 5.46. The van der Waals surface area contributed by atoms with Gasteiger partial charge >= 0.3 is 0 Å². The van der Waals surface area contributed by atoms with Crippen LogP contribution in [-0.2, 0) is 6.54 Å². The molecule has 0 aliphatic heterocycles. The Balaban J connectivity index is 2.20. The van der Waals surface area contributed by atoms with Crippen molar-refractivity contribution in [2.24, 2.45) is 5.92 Å². The number of hydrogen-bond donors (Lipinski definition) is 2. The number of aliphatic hydroxyl groups is 1. The van der Waals surface area contributed by atoms with Gasteiger partial charge in [-0.25, -0.2) is 0 Å². The molecule has 0 aromatic carbocycles. The van der Waals surface area contributed by atoms with Crippen LogP contribution in [0.1, 0.15) is 39.2 Å². The molecule has 2 N–H and O–H groups in total. The van der Waals surface area contributed by atoms with Crippen molar-refractivity contribution in [3.63, 3.8) is 0 Å². The van der Waals surface area contributed by atoms with E-state index < -0.39 is 5.60 Å². The van der Waals surface area contributed by atoms with E-state index in [1.165, 1.54) is 5.56 Å². The van der Waals surface area contributed by atoms with Crippen LogP contribution in [0.15, 0.2) is 16.8 Å². The zero-order valence-electron chi connectivity index (χ0n) is 10.5. The molecule has 1 atom stereocenters. The standard InChI is InChI=1S/C13H23NOS/c1-11(2)4-6-13(3,15)10-14-8-12-5-7-16-9-12/h5,7,9,11,14-15H,4,6,8,10H2,1-3H3. The van der Waals surface area contributed by atoms with Crippen molar-refractivity contribution in [3.05, 3.63) is 22.4 Å². The van der Waals surface area contributed by atoms with Gasteiger partial charge in [0.1, 0.15) is 0 Å². The molecule has 1 rings (SSSR count). The lowest BCUT2D eigenvalue weighted by molar-refractivity contribution is 0.0451. The summed E-state index contributed by atoms with van der Waals surface area (Å²) >= 11 is 1.71. The molecule has 1 aromatic heterocycles. The second kappa shape index (κ2) is 6.38. The van der Waals surface area contributed by atoms with Crippen molar-refractivity contribution >= 4 is 11.3 Å². The molecule has 0 saturated carbocycles. The number of rotatable bonds is 7. The first-order valence-corrected chi connectivity index (χ1v) is 6.88. The third-order valence-corrected chi connectivity index (χ3v) is 3.41. The lowest BCUT2D eigenvalue weighted by Crippen LogP contribution is -2.37. The zero-order valence-corrected chi connectivity index (χ0v) is 11.3. The van der Waals surface area contributed by atoms with E-state index in [9.17, 15) is 5.11 Å². The summed E-state index contributed by atoms with van der Waals surface area (Å²) in [6, 6.07) is 2.11. The minimum atomic E-state index is -0.583. The molecule has 0 saturated heterocycles. The SMILES string of the molecule is CC(C)CCC(C)(O)CNCc1ccsc1. The molecule has 0 aliphatic rings. The van der Waals surface area contributed by atoms with Gasteiger partial charge in [0.15, 0.2) is 0 Å². The van der Waals surface area contributed by atoms with Crippen LogP contribution in [0, 0.1) is 5.92 Å². The third-order valence-electron chi connectivity index (χ3n) is 2.68. The molecule has 1 aromatic rings. The Bertz CT molecular complexity index is 280. The molecule has 16 heavy (non-hydrogen) atoms. The van der Waals surface area contributed by atoms with Gasteiger partial charge < -0.3 is 10.4 Å². The minimum Gasteiger partial charge on any atom is -0.389 e. The number of hydrogen-bond acceptors (Lipinski definition) is 3. The molecule has 1 heterocycles. The number of thiophene rings is 1. The van der Waals surface area contributed by atoms with Crippen LogP contribution < -0.4 is 5.32 Å². The second-order valence-electron chi connectivity index (χ2n) is 5.16. The Labute approximate surface area is 103 Å². The summed E-state index contributed by atoms with van der Waals surface area (Å²) in [4.78, 5) is 0. The molecule has 0 amide bonds. The molecular formula is C13H23NOS. The molecule has 0 spiro atoms. The second-order valence-corrected chi connectivity index (χ2v) is 5.94. The van der Waals surface area contributed by atoms with E-state index in [0.29, 0.717) is 12.5 Å². The fourth-order valence-corrected chi connectivity index (χ4v) is 2.23. The molecule has 0 bridgehead atoms. The smallest absolute Gasteiger partial charge is 0.0743 e. The molecule has 0 aliphatic carbocycles. The summed E-state index contributed by atoms with van der Waals surface area (Å²) < 4.78 is 0. The Morgan fingerprint density at radius 1 is 1.50 bits per heavy atom. The largest absolute Gasteiger partial charge is 0.389 e. The highest BCUT2D eigenvalue weighted by atomic mass is 32.1. The minimum absolute atomic E-state index is 0.583. The number of nitrogens with one attached hydrogen (secondary N) is 1. The van der Waals surface area contributed by atoms with Gasteiger partial charge in [-0.15, -0.1) is 0 Å². The highest BCUT2D eigenvalue weighted by Crippen LogP contribution is 2.15. The molecule has 1 unspecified atom stereocenters. The summed E-state index contributed by atoms with van der Waals surface area (Å²) in [6.45, 7) is 7.80. The van der Waals surface area contributed by atoms with E-state index >= 15 is 0 Å². The lowest BCUT2D eigenvalue weighted by atomic mass is 9.95. The average molecular weight is 241 g/mol. The van der Waals surface area contributed by atoms with E-state index in [-0.39, 0.29) is 0 Å².